The average Bonchev–Trinajstić information content (AvgIpc) is 2.71. The van der Waals surface area contributed by atoms with Gasteiger partial charge in [-0.1, -0.05) is 23.7 Å². The number of Topliss-reactive ketones (excluding diaryl/α,β-unsaturated/α-hetero) is 1. The van der Waals surface area contributed by atoms with Crippen LogP contribution < -0.4 is 5.32 Å². The summed E-state index contributed by atoms with van der Waals surface area (Å²) >= 11 is 6.20. The summed E-state index contributed by atoms with van der Waals surface area (Å²) in [7, 11) is -0.585. The van der Waals surface area contributed by atoms with E-state index >= 15 is 0 Å². The summed E-state index contributed by atoms with van der Waals surface area (Å²) in [6, 6.07) is 5.22. The maximum atomic E-state index is 11.5. The number of hydrogen-bond acceptors (Lipinski definition) is 4. The number of nitrogens with one attached hydrogen (secondary N) is 1. The normalized spacial score (nSPS) is 18.7. The van der Waals surface area contributed by atoms with Gasteiger partial charge in [0.2, 0.25) is 5.91 Å². The second-order valence-corrected chi connectivity index (χ2v) is 7.92. The molecule has 7 heteroatoms. The zero-order valence-corrected chi connectivity index (χ0v) is 16.9. The van der Waals surface area contributed by atoms with Gasteiger partial charge in [0.05, 0.1) is 16.2 Å². The first-order valence-corrected chi connectivity index (χ1v) is 8.92. The number of ketones is 1. The van der Waals surface area contributed by atoms with Crippen LogP contribution in [0.5, 0.6) is 0 Å². The molecule has 1 N–H and O–H groups in total. The molecular weight excluding hydrogens is 352 g/mol. The van der Waals surface area contributed by atoms with E-state index in [9.17, 15) is 9.59 Å². The third kappa shape index (κ3) is 4.55. The lowest BCUT2D eigenvalue weighted by Crippen LogP contribution is -2.41. The molecule has 2 rings (SSSR count). The molecule has 0 aromatic heterocycles. The number of rotatable bonds is 5. The van der Waals surface area contributed by atoms with Crippen LogP contribution in [0.1, 0.15) is 57.5 Å². The maximum absolute atomic E-state index is 11.5. The molecule has 0 atom stereocenters. The van der Waals surface area contributed by atoms with Crippen molar-refractivity contribution in [2.75, 3.05) is 6.54 Å². The van der Waals surface area contributed by atoms with E-state index in [0.29, 0.717) is 10.6 Å². The highest BCUT2D eigenvalue weighted by atomic mass is 35.5. The molecule has 1 aromatic carbocycles. The van der Waals surface area contributed by atoms with Crippen molar-refractivity contribution in [1.82, 2.24) is 5.32 Å². The first-order chi connectivity index (χ1) is 11.9. The van der Waals surface area contributed by atoms with Crippen LogP contribution in [0.15, 0.2) is 23.7 Å². The van der Waals surface area contributed by atoms with Gasteiger partial charge in [-0.2, -0.15) is 0 Å². The van der Waals surface area contributed by atoms with E-state index in [0.717, 1.165) is 11.0 Å². The first-order valence-electron chi connectivity index (χ1n) is 8.54. The lowest BCUT2D eigenvalue weighted by Gasteiger charge is -2.32. The summed E-state index contributed by atoms with van der Waals surface area (Å²) in [6.45, 7) is 11.1. The SMILES string of the molecule is CC(=O)NCC(=Cc1ccc(C(C)=O)c(Cl)c1)B1OC(C)(C)C(C)(C)O1. The Hall–Kier alpha value is -1.63. The van der Waals surface area contributed by atoms with Crippen LogP contribution in [-0.2, 0) is 14.1 Å². The van der Waals surface area contributed by atoms with Crippen molar-refractivity contribution in [2.24, 2.45) is 0 Å². The fourth-order valence-corrected chi connectivity index (χ4v) is 2.87. The largest absolute Gasteiger partial charge is 0.492 e. The molecule has 26 heavy (non-hydrogen) atoms. The smallest absolute Gasteiger partial charge is 0.400 e. The van der Waals surface area contributed by atoms with Crippen molar-refractivity contribution in [3.63, 3.8) is 0 Å². The first kappa shape index (κ1) is 20.7. The molecule has 1 aliphatic rings. The van der Waals surface area contributed by atoms with Gasteiger partial charge in [-0.25, -0.2) is 0 Å². The molecule has 1 aliphatic heterocycles. The minimum Gasteiger partial charge on any atom is -0.400 e. The zero-order chi connectivity index (χ0) is 19.7. The second-order valence-electron chi connectivity index (χ2n) is 7.51. The Labute approximate surface area is 160 Å². The fraction of sp³-hybridized carbons (Fsp3) is 0.474. The molecule has 1 aromatic rings. The van der Waals surface area contributed by atoms with Gasteiger partial charge >= 0.3 is 7.12 Å². The Balaban J connectivity index is 2.36. The van der Waals surface area contributed by atoms with Crippen molar-refractivity contribution in [3.8, 4) is 0 Å². The third-order valence-corrected chi connectivity index (χ3v) is 5.13. The number of carbonyl (C=O) groups excluding carboxylic acids is 2. The van der Waals surface area contributed by atoms with Gasteiger partial charge < -0.3 is 14.6 Å². The van der Waals surface area contributed by atoms with Gasteiger partial charge in [-0.15, -0.1) is 0 Å². The second kappa shape index (κ2) is 7.55. The van der Waals surface area contributed by atoms with Crippen LogP contribution in [0.2, 0.25) is 5.02 Å². The van der Waals surface area contributed by atoms with Crippen LogP contribution in [0, 0.1) is 0 Å². The Morgan fingerprint density at radius 3 is 2.19 bits per heavy atom. The Morgan fingerprint density at radius 1 is 1.15 bits per heavy atom. The molecule has 0 aliphatic carbocycles. The summed E-state index contributed by atoms with van der Waals surface area (Å²) in [5.41, 5.74) is 1.08. The van der Waals surface area contributed by atoms with E-state index < -0.39 is 18.3 Å². The molecule has 0 unspecified atom stereocenters. The third-order valence-electron chi connectivity index (χ3n) is 4.82. The van der Waals surface area contributed by atoms with E-state index in [1.54, 1.807) is 12.1 Å². The molecule has 1 fully saturated rings. The lowest BCUT2D eigenvalue weighted by atomic mass is 9.77. The summed E-state index contributed by atoms with van der Waals surface area (Å²) < 4.78 is 12.2. The van der Waals surface area contributed by atoms with Gasteiger partial charge in [0.15, 0.2) is 5.78 Å². The van der Waals surface area contributed by atoms with E-state index in [4.69, 9.17) is 20.9 Å². The van der Waals surface area contributed by atoms with Gasteiger partial charge in [0, 0.05) is 19.0 Å². The molecule has 1 heterocycles. The van der Waals surface area contributed by atoms with E-state index in [1.807, 2.05) is 39.8 Å². The molecular formula is C19H25BClNO4. The number of amides is 1. The predicted molar refractivity (Wildman–Crippen MR) is 104 cm³/mol. The van der Waals surface area contributed by atoms with Crippen molar-refractivity contribution < 1.29 is 18.9 Å². The Morgan fingerprint density at radius 2 is 1.73 bits per heavy atom. The van der Waals surface area contributed by atoms with E-state index in [2.05, 4.69) is 5.32 Å². The quantitative estimate of drug-likeness (QED) is 0.628. The standard InChI is InChI=1S/C19H25BClNO4/c1-12(23)16-8-7-14(10-17(16)21)9-15(11-22-13(2)24)20-25-18(3,4)19(5,6)26-20/h7-10H,11H2,1-6H3,(H,22,24). The molecule has 0 radical (unpaired) electrons. The minimum atomic E-state index is -0.585. The highest BCUT2D eigenvalue weighted by Crippen LogP contribution is 2.38. The summed E-state index contributed by atoms with van der Waals surface area (Å²) in [5.74, 6) is -0.229. The molecule has 0 saturated carbocycles. The van der Waals surface area contributed by atoms with Crippen molar-refractivity contribution >= 4 is 36.5 Å². The van der Waals surface area contributed by atoms with Gasteiger partial charge in [0.1, 0.15) is 0 Å². The monoisotopic (exact) mass is 377 g/mol. The van der Waals surface area contributed by atoms with Crippen LogP contribution in [0.4, 0.5) is 0 Å². The van der Waals surface area contributed by atoms with Gasteiger partial charge in [-0.05, 0) is 57.8 Å². The van der Waals surface area contributed by atoms with Gasteiger partial charge in [-0.3, -0.25) is 9.59 Å². The fourth-order valence-electron chi connectivity index (χ4n) is 2.54. The van der Waals surface area contributed by atoms with Crippen molar-refractivity contribution in [2.45, 2.75) is 52.7 Å². The van der Waals surface area contributed by atoms with Crippen LogP contribution in [0.25, 0.3) is 6.08 Å². The molecule has 1 amide bonds. The number of carbonyl (C=O) groups is 2. The Kier molecular flexibility index (Phi) is 6.00. The molecule has 140 valence electrons. The van der Waals surface area contributed by atoms with Crippen LogP contribution in [0.3, 0.4) is 0 Å². The molecule has 1 saturated heterocycles. The number of benzene rings is 1. The summed E-state index contributed by atoms with van der Waals surface area (Å²) in [5, 5.41) is 3.18. The summed E-state index contributed by atoms with van der Waals surface area (Å²) in [4.78, 5) is 22.9. The average molecular weight is 378 g/mol. The number of halogens is 1. The van der Waals surface area contributed by atoms with Gasteiger partial charge in [0.25, 0.3) is 0 Å². The molecule has 5 nitrogen and oxygen atoms in total. The highest BCUT2D eigenvalue weighted by molar-refractivity contribution is 6.56. The van der Waals surface area contributed by atoms with Crippen molar-refractivity contribution in [3.05, 3.63) is 39.8 Å². The van der Waals surface area contributed by atoms with Crippen LogP contribution in [-0.4, -0.2) is 36.6 Å². The summed E-state index contributed by atoms with van der Waals surface area (Å²) in [6.07, 6.45) is 1.87. The van der Waals surface area contributed by atoms with E-state index in [-0.39, 0.29) is 18.2 Å². The predicted octanol–water partition coefficient (Wildman–Crippen LogP) is 3.69. The minimum absolute atomic E-state index is 0.0880. The van der Waals surface area contributed by atoms with Crippen LogP contribution >= 0.6 is 11.6 Å². The highest BCUT2D eigenvalue weighted by Gasteiger charge is 2.52. The Bertz CT molecular complexity index is 742. The number of hydrogen-bond donors (Lipinski definition) is 1. The van der Waals surface area contributed by atoms with Crippen molar-refractivity contribution in [1.29, 1.82) is 0 Å². The maximum Gasteiger partial charge on any atom is 0.492 e. The molecule has 0 spiro atoms. The zero-order valence-electron chi connectivity index (χ0n) is 16.1. The molecule has 0 bridgehead atoms. The lowest BCUT2D eigenvalue weighted by molar-refractivity contribution is -0.118. The topological polar surface area (TPSA) is 64.6 Å². The van der Waals surface area contributed by atoms with E-state index in [1.165, 1.54) is 13.8 Å².